The first-order valence-corrected chi connectivity index (χ1v) is 6.13. The van der Waals surface area contributed by atoms with Crippen molar-refractivity contribution in [2.45, 2.75) is 44.7 Å². The largest absolute Gasteiger partial charge is 0.383 e. The molecule has 0 bridgehead atoms. The maximum absolute atomic E-state index is 5.22. The summed E-state index contributed by atoms with van der Waals surface area (Å²) in [5, 5.41) is 3.48. The van der Waals surface area contributed by atoms with Crippen LogP contribution in [0.3, 0.4) is 0 Å². The van der Waals surface area contributed by atoms with Gasteiger partial charge >= 0.3 is 0 Å². The summed E-state index contributed by atoms with van der Waals surface area (Å²) in [4.78, 5) is 4.38. The Hall–Kier alpha value is -1.03. The van der Waals surface area contributed by atoms with Gasteiger partial charge in [-0.05, 0) is 19.3 Å². The number of ether oxygens (including phenoxy) is 1. The summed E-state index contributed by atoms with van der Waals surface area (Å²) < 4.78 is 7.47. The quantitative estimate of drug-likeness (QED) is 0.771. The highest BCUT2D eigenvalue weighted by molar-refractivity contribution is 5.29. The third kappa shape index (κ3) is 2.76. The lowest BCUT2D eigenvalue weighted by atomic mass is 10.2. The first kappa shape index (κ1) is 11.5. The minimum absolute atomic E-state index is 0.370. The van der Waals surface area contributed by atoms with Gasteiger partial charge in [0.2, 0.25) is 5.95 Å². The Morgan fingerprint density at radius 2 is 2.44 bits per heavy atom. The molecular weight excluding hydrogens is 202 g/mol. The number of hydrogen-bond acceptors (Lipinski definition) is 3. The molecule has 1 unspecified atom stereocenters. The third-order valence-electron chi connectivity index (χ3n) is 2.95. The summed E-state index contributed by atoms with van der Waals surface area (Å²) in [6, 6.07) is 1.05. The van der Waals surface area contributed by atoms with Gasteiger partial charge in [0.1, 0.15) is 0 Å². The lowest BCUT2D eigenvalue weighted by Gasteiger charge is -2.18. The molecule has 0 spiro atoms. The molecule has 0 saturated heterocycles. The van der Waals surface area contributed by atoms with Gasteiger partial charge in [-0.3, -0.25) is 0 Å². The van der Waals surface area contributed by atoms with Gasteiger partial charge in [-0.2, -0.15) is 0 Å². The number of methoxy groups -OCH3 is 1. The minimum atomic E-state index is 0.370. The average Bonchev–Trinajstić information content (AvgIpc) is 3.01. The van der Waals surface area contributed by atoms with Crippen LogP contribution in [0.25, 0.3) is 0 Å². The Bertz CT molecular complexity index is 314. The summed E-state index contributed by atoms with van der Waals surface area (Å²) in [7, 11) is 1.75. The van der Waals surface area contributed by atoms with Crippen LogP contribution < -0.4 is 5.32 Å². The monoisotopic (exact) mass is 223 g/mol. The molecule has 1 aromatic rings. The second-order valence-corrected chi connectivity index (χ2v) is 4.47. The highest BCUT2D eigenvalue weighted by atomic mass is 16.5. The van der Waals surface area contributed by atoms with Crippen molar-refractivity contribution in [2.24, 2.45) is 0 Å². The van der Waals surface area contributed by atoms with Crippen LogP contribution in [0.1, 0.15) is 38.6 Å². The van der Waals surface area contributed by atoms with Crippen molar-refractivity contribution in [2.75, 3.05) is 19.0 Å². The van der Waals surface area contributed by atoms with E-state index in [1.807, 2.05) is 6.20 Å². The fourth-order valence-electron chi connectivity index (χ4n) is 2.00. The average molecular weight is 223 g/mol. The summed E-state index contributed by atoms with van der Waals surface area (Å²) in [6.07, 6.45) is 8.78. The van der Waals surface area contributed by atoms with Crippen molar-refractivity contribution in [1.29, 1.82) is 0 Å². The molecule has 0 aliphatic heterocycles. The molecule has 1 aliphatic rings. The second-order valence-electron chi connectivity index (χ2n) is 4.47. The van der Waals surface area contributed by atoms with Crippen LogP contribution in [0.4, 0.5) is 5.95 Å². The van der Waals surface area contributed by atoms with Gasteiger partial charge in [0, 0.05) is 25.5 Å². The molecule has 1 fully saturated rings. The number of rotatable bonds is 7. The summed E-state index contributed by atoms with van der Waals surface area (Å²) >= 11 is 0. The molecule has 1 saturated carbocycles. The first-order chi connectivity index (χ1) is 7.85. The van der Waals surface area contributed by atoms with E-state index in [1.54, 1.807) is 7.11 Å². The van der Waals surface area contributed by atoms with Crippen molar-refractivity contribution in [3.63, 3.8) is 0 Å². The molecular formula is C12H21N3O. The van der Waals surface area contributed by atoms with Gasteiger partial charge < -0.3 is 14.6 Å². The smallest absolute Gasteiger partial charge is 0.203 e. The van der Waals surface area contributed by atoms with E-state index in [2.05, 4.69) is 28.0 Å². The lowest BCUT2D eigenvalue weighted by Crippen LogP contribution is -2.26. The van der Waals surface area contributed by atoms with Crippen LogP contribution >= 0.6 is 0 Å². The van der Waals surface area contributed by atoms with Crippen LogP contribution in [-0.2, 0) is 4.74 Å². The predicted molar refractivity (Wildman–Crippen MR) is 64.7 cm³/mol. The van der Waals surface area contributed by atoms with Gasteiger partial charge in [-0.15, -0.1) is 0 Å². The van der Waals surface area contributed by atoms with E-state index in [0.717, 1.165) is 25.4 Å². The maximum atomic E-state index is 5.22. The number of nitrogens with zero attached hydrogens (tertiary/aromatic N) is 2. The minimum Gasteiger partial charge on any atom is -0.383 e. The van der Waals surface area contributed by atoms with E-state index in [1.165, 1.54) is 12.8 Å². The van der Waals surface area contributed by atoms with E-state index < -0.39 is 0 Å². The van der Waals surface area contributed by atoms with Crippen LogP contribution in [0, 0.1) is 0 Å². The molecule has 0 radical (unpaired) electrons. The Balaban J connectivity index is 1.96. The fourth-order valence-corrected chi connectivity index (χ4v) is 2.00. The number of nitrogens with one attached hydrogen (secondary N) is 1. The van der Waals surface area contributed by atoms with Gasteiger partial charge in [-0.25, -0.2) is 4.98 Å². The third-order valence-corrected chi connectivity index (χ3v) is 2.95. The van der Waals surface area contributed by atoms with E-state index in [9.17, 15) is 0 Å². The van der Waals surface area contributed by atoms with Crippen LogP contribution in [0.15, 0.2) is 12.4 Å². The van der Waals surface area contributed by atoms with E-state index in [0.29, 0.717) is 12.1 Å². The Morgan fingerprint density at radius 1 is 1.62 bits per heavy atom. The first-order valence-electron chi connectivity index (χ1n) is 6.13. The molecule has 16 heavy (non-hydrogen) atoms. The van der Waals surface area contributed by atoms with Crippen molar-refractivity contribution < 1.29 is 4.74 Å². The Labute approximate surface area is 97.0 Å². The van der Waals surface area contributed by atoms with Crippen LogP contribution in [-0.4, -0.2) is 29.3 Å². The molecule has 2 rings (SSSR count). The highest BCUT2D eigenvalue weighted by Crippen LogP contribution is 2.36. The van der Waals surface area contributed by atoms with Crippen molar-refractivity contribution in [1.82, 2.24) is 9.55 Å². The van der Waals surface area contributed by atoms with Crippen molar-refractivity contribution in [3.8, 4) is 0 Å². The summed E-state index contributed by atoms with van der Waals surface area (Å²) in [5.74, 6) is 0.998. The molecule has 1 aliphatic carbocycles. The zero-order valence-corrected chi connectivity index (χ0v) is 10.1. The Morgan fingerprint density at radius 3 is 3.06 bits per heavy atom. The molecule has 0 amide bonds. The van der Waals surface area contributed by atoms with E-state index in [4.69, 9.17) is 4.74 Å². The zero-order valence-electron chi connectivity index (χ0n) is 10.1. The topological polar surface area (TPSA) is 39.1 Å². The summed E-state index contributed by atoms with van der Waals surface area (Å²) in [6.45, 7) is 2.93. The molecule has 1 aromatic heterocycles. The fraction of sp³-hybridized carbons (Fsp3) is 0.750. The van der Waals surface area contributed by atoms with Gasteiger partial charge in [0.15, 0.2) is 0 Å². The molecule has 90 valence electrons. The van der Waals surface area contributed by atoms with Gasteiger partial charge in [0.05, 0.1) is 12.6 Å². The predicted octanol–water partition coefficient (Wildman–Crippen LogP) is 2.45. The maximum Gasteiger partial charge on any atom is 0.203 e. The normalized spacial score (nSPS) is 17.4. The highest BCUT2D eigenvalue weighted by Gasteiger charge is 2.26. The van der Waals surface area contributed by atoms with Gasteiger partial charge in [-0.1, -0.05) is 13.3 Å². The Kier molecular flexibility index (Phi) is 3.83. The standard InChI is InChI=1S/C12H21N3O/c1-3-4-10(9-16-2)14-12-13-7-8-15(12)11-5-6-11/h7-8,10-11H,3-6,9H2,1-2H3,(H,13,14). The van der Waals surface area contributed by atoms with Crippen molar-refractivity contribution in [3.05, 3.63) is 12.4 Å². The molecule has 4 nitrogen and oxygen atoms in total. The molecule has 0 aromatic carbocycles. The van der Waals surface area contributed by atoms with E-state index >= 15 is 0 Å². The van der Waals surface area contributed by atoms with E-state index in [-0.39, 0.29) is 0 Å². The van der Waals surface area contributed by atoms with Crippen LogP contribution in [0.5, 0.6) is 0 Å². The molecule has 4 heteroatoms. The lowest BCUT2D eigenvalue weighted by molar-refractivity contribution is 0.182. The zero-order chi connectivity index (χ0) is 11.4. The second kappa shape index (κ2) is 5.34. The number of hydrogen-bond donors (Lipinski definition) is 1. The van der Waals surface area contributed by atoms with Crippen molar-refractivity contribution >= 4 is 5.95 Å². The summed E-state index contributed by atoms with van der Waals surface area (Å²) in [5.41, 5.74) is 0. The number of anilines is 1. The molecule has 1 N–H and O–H groups in total. The SMILES string of the molecule is CCCC(COC)Nc1nccn1C1CC1. The van der Waals surface area contributed by atoms with Gasteiger partial charge in [0.25, 0.3) is 0 Å². The van der Waals surface area contributed by atoms with Crippen LogP contribution in [0.2, 0.25) is 0 Å². The molecule has 1 atom stereocenters. The molecule has 1 heterocycles. The number of imidazole rings is 1. The number of aromatic nitrogens is 2.